The number of nitrogens with one attached hydrogen (secondary N) is 1. The lowest BCUT2D eigenvalue weighted by Gasteiger charge is -2.12. The first kappa shape index (κ1) is 11.6. The maximum atomic E-state index is 7.24. The topological polar surface area (TPSA) is 46.0 Å². The molecule has 0 bridgehead atoms. The second-order valence-corrected chi connectivity index (χ2v) is 4.72. The Morgan fingerprint density at radius 3 is 2.64 bits per heavy atom. The Hall–Kier alpha value is -0.510. The van der Waals surface area contributed by atoms with Crippen LogP contribution in [0.1, 0.15) is 5.69 Å². The van der Waals surface area contributed by atoms with E-state index < -0.39 is 9.69 Å². The molecule has 6 heteroatoms. The summed E-state index contributed by atoms with van der Waals surface area (Å²) in [6, 6.07) is 5.35. The van der Waals surface area contributed by atoms with Gasteiger partial charge in [-0.25, -0.2) is 0 Å². The molecular formula is C8H7Cl3N2O. The van der Waals surface area contributed by atoms with Crippen LogP contribution in [0.2, 0.25) is 0 Å². The van der Waals surface area contributed by atoms with Crippen LogP contribution in [0.4, 0.5) is 0 Å². The van der Waals surface area contributed by atoms with E-state index in [1.165, 1.54) is 0 Å². The molecule has 0 aromatic carbocycles. The smallest absolute Gasteiger partial charge is 0.265 e. The Kier molecular flexibility index (Phi) is 3.98. The van der Waals surface area contributed by atoms with Gasteiger partial charge in [-0.15, -0.1) is 0 Å². The Morgan fingerprint density at radius 2 is 2.14 bits per heavy atom. The molecule has 0 radical (unpaired) electrons. The van der Waals surface area contributed by atoms with Crippen molar-refractivity contribution in [3.63, 3.8) is 0 Å². The normalized spacial score (nSPS) is 11.1. The average molecular weight is 254 g/mol. The lowest BCUT2D eigenvalue weighted by atomic mass is 10.4. The van der Waals surface area contributed by atoms with Gasteiger partial charge in [0.15, 0.2) is 0 Å². The molecule has 3 nitrogen and oxygen atoms in total. The molecule has 0 spiro atoms. The minimum atomic E-state index is -1.81. The highest BCUT2D eigenvalue weighted by atomic mass is 35.6. The summed E-state index contributed by atoms with van der Waals surface area (Å²) < 4.78 is 3.11. The molecule has 1 N–H and O–H groups in total. The van der Waals surface area contributed by atoms with Crippen LogP contribution in [0, 0.1) is 5.41 Å². The number of pyridine rings is 1. The summed E-state index contributed by atoms with van der Waals surface area (Å²) in [5.74, 6) is -0.409. The van der Waals surface area contributed by atoms with Crippen LogP contribution in [0.25, 0.3) is 0 Å². The van der Waals surface area contributed by atoms with Gasteiger partial charge in [-0.3, -0.25) is 10.4 Å². The van der Waals surface area contributed by atoms with Gasteiger partial charge in [-0.1, -0.05) is 40.9 Å². The molecule has 0 saturated carbocycles. The van der Waals surface area contributed by atoms with Gasteiger partial charge in [0.05, 0.1) is 5.69 Å². The third kappa shape index (κ3) is 3.70. The monoisotopic (exact) mass is 252 g/mol. The van der Waals surface area contributed by atoms with E-state index in [9.17, 15) is 0 Å². The number of halogens is 3. The zero-order chi connectivity index (χ0) is 10.6. The van der Waals surface area contributed by atoms with Crippen LogP contribution >= 0.6 is 34.8 Å². The van der Waals surface area contributed by atoms with E-state index in [2.05, 4.69) is 4.98 Å². The van der Waals surface area contributed by atoms with Crippen LogP contribution in [0.3, 0.4) is 0 Å². The fourth-order valence-electron chi connectivity index (χ4n) is 0.711. The maximum absolute atomic E-state index is 7.24. The zero-order valence-electron chi connectivity index (χ0n) is 7.01. The van der Waals surface area contributed by atoms with Crippen molar-refractivity contribution in [2.45, 2.75) is 10.4 Å². The third-order valence-corrected chi connectivity index (χ3v) is 1.86. The predicted octanol–water partition coefficient (Wildman–Crippen LogP) is 2.95. The molecule has 0 aliphatic rings. The summed E-state index contributed by atoms with van der Waals surface area (Å²) >= 11 is 16.2. The Balaban J connectivity index is 2.46. The minimum absolute atomic E-state index is 0.119. The molecule has 1 rings (SSSR count). The molecule has 1 aromatic rings. The Labute approximate surface area is 96.5 Å². The van der Waals surface area contributed by atoms with Gasteiger partial charge in [0.2, 0.25) is 5.90 Å². The number of hydrogen-bond acceptors (Lipinski definition) is 3. The van der Waals surface area contributed by atoms with Gasteiger partial charge in [0.1, 0.15) is 6.61 Å². The summed E-state index contributed by atoms with van der Waals surface area (Å²) in [5.41, 5.74) is 0.673. The summed E-state index contributed by atoms with van der Waals surface area (Å²) in [5, 5.41) is 7.24. The van der Waals surface area contributed by atoms with E-state index in [0.29, 0.717) is 5.69 Å². The lowest BCUT2D eigenvalue weighted by Crippen LogP contribution is -2.21. The highest BCUT2D eigenvalue weighted by molar-refractivity contribution is 6.75. The third-order valence-electron chi connectivity index (χ3n) is 1.35. The van der Waals surface area contributed by atoms with Gasteiger partial charge in [0.25, 0.3) is 3.79 Å². The average Bonchev–Trinajstić information content (AvgIpc) is 2.14. The van der Waals surface area contributed by atoms with Gasteiger partial charge < -0.3 is 4.74 Å². The van der Waals surface area contributed by atoms with Crippen molar-refractivity contribution >= 4 is 40.7 Å². The van der Waals surface area contributed by atoms with E-state index in [1.807, 2.05) is 6.07 Å². The molecule has 1 heterocycles. The van der Waals surface area contributed by atoms with Crippen molar-refractivity contribution in [1.29, 1.82) is 5.41 Å². The first-order valence-electron chi connectivity index (χ1n) is 3.68. The van der Waals surface area contributed by atoms with E-state index in [-0.39, 0.29) is 6.61 Å². The van der Waals surface area contributed by atoms with Crippen molar-refractivity contribution in [2.24, 2.45) is 0 Å². The van der Waals surface area contributed by atoms with Crippen LogP contribution < -0.4 is 0 Å². The van der Waals surface area contributed by atoms with E-state index in [0.717, 1.165) is 0 Å². The van der Waals surface area contributed by atoms with Crippen LogP contribution in [0.15, 0.2) is 24.4 Å². The summed E-state index contributed by atoms with van der Waals surface area (Å²) in [6.45, 7) is 0.119. The first-order chi connectivity index (χ1) is 6.50. The number of aromatic nitrogens is 1. The molecule has 0 fully saturated rings. The zero-order valence-corrected chi connectivity index (χ0v) is 9.27. The second kappa shape index (κ2) is 4.82. The lowest BCUT2D eigenvalue weighted by molar-refractivity contribution is 0.279. The fraction of sp³-hybridized carbons (Fsp3) is 0.250. The minimum Gasteiger partial charge on any atom is -0.472 e. The molecule has 0 amide bonds. The first-order valence-corrected chi connectivity index (χ1v) is 4.82. The second-order valence-electron chi connectivity index (χ2n) is 2.44. The predicted molar refractivity (Wildman–Crippen MR) is 57.0 cm³/mol. The van der Waals surface area contributed by atoms with Crippen molar-refractivity contribution in [3.05, 3.63) is 30.1 Å². The molecule has 0 atom stereocenters. The molecule has 0 aliphatic carbocycles. The number of ether oxygens (including phenoxy) is 1. The quantitative estimate of drug-likeness (QED) is 0.500. The number of alkyl halides is 3. The Morgan fingerprint density at radius 1 is 1.43 bits per heavy atom. The van der Waals surface area contributed by atoms with Crippen molar-refractivity contribution in [1.82, 2.24) is 4.98 Å². The standard InChI is InChI=1S/C8H7Cl3N2O/c9-8(10,11)7(12)14-5-6-3-1-2-4-13-6/h1-4,12H,5H2. The molecule has 0 unspecified atom stereocenters. The summed E-state index contributed by atoms with van der Waals surface area (Å²) in [6.07, 6.45) is 1.62. The molecule has 1 aromatic heterocycles. The molecule has 14 heavy (non-hydrogen) atoms. The van der Waals surface area contributed by atoms with E-state index in [4.69, 9.17) is 44.9 Å². The SMILES string of the molecule is N=C(OCc1ccccn1)C(Cl)(Cl)Cl. The van der Waals surface area contributed by atoms with Crippen LogP contribution in [-0.2, 0) is 11.3 Å². The van der Waals surface area contributed by atoms with Crippen LogP contribution in [-0.4, -0.2) is 14.7 Å². The maximum Gasteiger partial charge on any atom is 0.265 e. The highest BCUT2D eigenvalue weighted by Gasteiger charge is 2.28. The number of hydrogen-bond donors (Lipinski definition) is 1. The van der Waals surface area contributed by atoms with Gasteiger partial charge in [0, 0.05) is 6.20 Å². The molecule has 0 aliphatic heterocycles. The fourth-order valence-corrected chi connectivity index (χ4v) is 0.875. The summed E-state index contributed by atoms with van der Waals surface area (Å²) in [4.78, 5) is 3.98. The van der Waals surface area contributed by atoms with Gasteiger partial charge in [-0.05, 0) is 12.1 Å². The van der Waals surface area contributed by atoms with Crippen LogP contribution in [0.5, 0.6) is 0 Å². The number of nitrogens with zero attached hydrogens (tertiary/aromatic N) is 1. The summed E-state index contributed by atoms with van der Waals surface area (Å²) in [7, 11) is 0. The molecule has 0 saturated heterocycles. The molecular weight excluding hydrogens is 246 g/mol. The van der Waals surface area contributed by atoms with Gasteiger partial charge in [-0.2, -0.15) is 0 Å². The van der Waals surface area contributed by atoms with Crippen molar-refractivity contribution < 1.29 is 4.74 Å². The highest BCUT2D eigenvalue weighted by Crippen LogP contribution is 2.27. The molecule has 76 valence electrons. The van der Waals surface area contributed by atoms with E-state index >= 15 is 0 Å². The van der Waals surface area contributed by atoms with Gasteiger partial charge >= 0.3 is 0 Å². The Bertz CT molecular complexity index is 310. The largest absolute Gasteiger partial charge is 0.472 e. The van der Waals surface area contributed by atoms with Crippen molar-refractivity contribution in [3.8, 4) is 0 Å². The van der Waals surface area contributed by atoms with Crippen molar-refractivity contribution in [2.75, 3.05) is 0 Å². The van der Waals surface area contributed by atoms with E-state index in [1.54, 1.807) is 18.3 Å². The number of rotatable bonds is 2.